The van der Waals surface area contributed by atoms with E-state index in [4.69, 9.17) is 4.74 Å². The van der Waals surface area contributed by atoms with Crippen molar-refractivity contribution in [2.24, 2.45) is 5.92 Å². The Morgan fingerprint density at radius 1 is 1.40 bits per heavy atom. The molecule has 0 aliphatic carbocycles. The Morgan fingerprint density at radius 2 is 1.93 bits per heavy atom. The molecule has 1 amide bonds. The van der Waals surface area contributed by atoms with Gasteiger partial charge in [-0.25, -0.2) is 4.79 Å². The van der Waals surface area contributed by atoms with Crippen LogP contribution in [0.1, 0.15) is 6.92 Å². The van der Waals surface area contributed by atoms with Crippen LogP contribution in [0.3, 0.4) is 0 Å². The molecule has 0 aromatic heterocycles. The van der Waals surface area contributed by atoms with E-state index in [1.807, 2.05) is 0 Å². The number of hydrogen-bond acceptors (Lipinski definition) is 4. The second-order valence-corrected chi connectivity index (χ2v) is 2.60. The Hall–Kier alpha value is -0.156. The van der Waals surface area contributed by atoms with E-state index < -0.39 is 24.0 Å². The molecule has 85 valence electrons. The van der Waals surface area contributed by atoms with Gasteiger partial charge < -0.3 is 28.6 Å². The molecule has 0 aromatic carbocycles. The van der Waals surface area contributed by atoms with Gasteiger partial charge >= 0.3 is 6.09 Å². The van der Waals surface area contributed by atoms with Crippen LogP contribution in [0.4, 0.5) is 4.79 Å². The summed E-state index contributed by atoms with van der Waals surface area (Å²) in [7, 11) is 1.23. The van der Waals surface area contributed by atoms with Crippen LogP contribution in [0.2, 0.25) is 0 Å². The summed E-state index contributed by atoms with van der Waals surface area (Å²) >= 11 is 0. The number of ether oxygens (including phenoxy) is 2. The van der Waals surface area contributed by atoms with Gasteiger partial charge in [0.1, 0.15) is 0 Å². The standard InChI is InChI=1S/C9H15NO4.Y/c1-5-14-8(11)6(2)7(3)10-9(12)13-4;/h6-7H,2-3,5H2,1,4H3,(H,10,12);/q-2;. The SMILES string of the molecule is [CH2-]C(NC(=O)OC)C([CH2-])C(=O)OCC.[Y]. The number of rotatable bonds is 4. The summed E-state index contributed by atoms with van der Waals surface area (Å²) < 4.78 is 9.05. The normalized spacial score (nSPS) is 13.1. The van der Waals surface area contributed by atoms with Crippen molar-refractivity contribution in [1.29, 1.82) is 0 Å². The molecule has 0 aliphatic heterocycles. The van der Waals surface area contributed by atoms with Crippen LogP contribution in [0, 0.1) is 19.8 Å². The van der Waals surface area contributed by atoms with Gasteiger partial charge in [-0.05, 0) is 6.92 Å². The van der Waals surface area contributed by atoms with E-state index in [1.165, 1.54) is 7.11 Å². The Kier molecular flexibility index (Phi) is 10.5. The van der Waals surface area contributed by atoms with Gasteiger partial charge in [0.2, 0.25) is 0 Å². The average Bonchev–Trinajstić information content (AvgIpc) is 2.16. The van der Waals surface area contributed by atoms with E-state index in [0.29, 0.717) is 0 Å². The van der Waals surface area contributed by atoms with E-state index >= 15 is 0 Å². The number of carbonyl (C=O) groups is 2. The molecule has 0 bridgehead atoms. The molecule has 15 heavy (non-hydrogen) atoms. The molecule has 1 radical (unpaired) electrons. The first-order valence-electron chi connectivity index (χ1n) is 4.20. The molecule has 0 heterocycles. The van der Waals surface area contributed by atoms with Crippen molar-refractivity contribution in [2.45, 2.75) is 13.0 Å². The predicted octanol–water partition coefficient (Wildman–Crippen LogP) is 0.556. The number of carbonyl (C=O) groups excluding carboxylic acids is 2. The molecule has 5 nitrogen and oxygen atoms in total. The quantitative estimate of drug-likeness (QED) is 0.607. The summed E-state index contributed by atoms with van der Waals surface area (Å²) in [6, 6.07) is -0.665. The van der Waals surface area contributed by atoms with Crippen LogP contribution in [0.5, 0.6) is 0 Å². The van der Waals surface area contributed by atoms with Crippen molar-refractivity contribution in [1.82, 2.24) is 5.32 Å². The van der Waals surface area contributed by atoms with Gasteiger partial charge in [0.15, 0.2) is 0 Å². The first-order valence-corrected chi connectivity index (χ1v) is 4.20. The number of nitrogens with one attached hydrogen (secondary N) is 1. The molecule has 6 heteroatoms. The minimum absolute atomic E-state index is 0. The minimum atomic E-state index is -0.742. The van der Waals surface area contributed by atoms with Crippen molar-refractivity contribution >= 4 is 12.1 Å². The molecule has 0 saturated carbocycles. The summed E-state index contributed by atoms with van der Waals surface area (Å²) in [5.74, 6) is -1.24. The Balaban J connectivity index is 0. The molecular weight excluding hydrogens is 275 g/mol. The summed E-state index contributed by atoms with van der Waals surface area (Å²) in [6.45, 7) is 9.05. The summed E-state index contributed by atoms with van der Waals surface area (Å²) in [5, 5.41) is 2.33. The first kappa shape index (κ1) is 17.2. The number of esters is 1. The maximum Gasteiger partial charge on any atom is 0.404 e. The second-order valence-electron chi connectivity index (χ2n) is 2.60. The van der Waals surface area contributed by atoms with Crippen LogP contribution in [-0.4, -0.2) is 31.8 Å². The second kappa shape index (κ2) is 9.10. The maximum atomic E-state index is 11.1. The zero-order valence-corrected chi connectivity index (χ0v) is 11.8. The van der Waals surface area contributed by atoms with E-state index in [-0.39, 0.29) is 39.3 Å². The van der Waals surface area contributed by atoms with Gasteiger partial charge in [-0.15, -0.1) is 6.04 Å². The fourth-order valence-electron chi connectivity index (χ4n) is 0.724. The van der Waals surface area contributed by atoms with E-state index in [9.17, 15) is 9.59 Å². The van der Waals surface area contributed by atoms with Gasteiger partial charge in [0.25, 0.3) is 5.97 Å². The van der Waals surface area contributed by atoms with E-state index in [2.05, 4.69) is 23.9 Å². The monoisotopic (exact) mass is 290 g/mol. The number of hydrogen-bond donors (Lipinski definition) is 1. The molecule has 0 saturated heterocycles. The van der Waals surface area contributed by atoms with Gasteiger partial charge in [-0.3, -0.25) is 4.79 Å². The number of amides is 1. The molecule has 0 fully saturated rings. The van der Waals surface area contributed by atoms with Crippen LogP contribution in [-0.2, 0) is 47.0 Å². The van der Waals surface area contributed by atoms with Gasteiger partial charge in [-0.2, -0.15) is 0 Å². The van der Waals surface area contributed by atoms with Crippen LogP contribution >= 0.6 is 0 Å². The summed E-state index contributed by atoms with van der Waals surface area (Å²) in [6.07, 6.45) is -0.650. The largest absolute Gasteiger partial charge is 0.468 e. The third-order valence-electron chi connectivity index (χ3n) is 1.56. The summed E-state index contributed by atoms with van der Waals surface area (Å²) in [4.78, 5) is 21.9. The predicted molar refractivity (Wildman–Crippen MR) is 50.2 cm³/mol. The van der Waals surface area contributed by atoms with E-state index in [0.717, 1.165) is 0 Å². The average molecular weight is 290 g/mol. The third kappa shape index (κ3) is 6.84. The zero-order valence-electron chi connectivity index (χ0n) is 8.99. The Labute approximate surface area is 115 Å². The molecule has 1 N–H and O–H groups in total. The third-order valence-corrected chi connectivity index (χ3v) is 1.56. The fraction of sp³-hybridized carbons (Fsp3) is 0.556. The topological polar surface area (TPSA) is 64.6 Å². The molecule has 2 unspecified atom stereocenters. The van der Waals surface area contributed by atoms with Crippen molar-refractivity contribution in [3.63, 3.8) is 0 Å². The number of alkyl carbamates (subject to hydrolysis) is 1. The molecule has 0 aromatic rings. The maximum absolute atomic E-state index is 11.1. The van der Waals surface area contributed by atoms with Crippen molar-refractivity contribution in [3.8, 4) is 0 Å². The Morgan fingerprint density at radius 3 is 2.33 bits per heavy atom. The molecular formula is C9H15NO4Y-2. The van der Waals surface area contributed by atoms with Crippen LogP contribution in [0.25, 0.3) is 0 Å². The number of methoxy groups -OCH3 is 1. The zero-order chi connectivity index (χ0) is 11.1. The van der Waals surface area contributed by atoms with Crippen molar-refractivity contribution in [3.05, 3.63) is 13.8 Å². The smallest absolute Gasteiger partial charge is 0.404 e. The summed E-state index contributed by atoms with van der Waals surface area (Å²) in [5.41, 5.74) is 0. The molecule has 0 aliphatic rings. The van der Waals surface area contributed by atoms with Crippen LogP contribution < -0.4 is 5.32 Å². The minimum Gasteiger partial charge on any atom is -0.468 e. The van der Waals surface area contributed by atoms with Crippen molar-refractivity contribution in [2.75, 3.05) is 13.7 Å². The van der Waals surface area contributed by atoms with E-state index in [1.54, 1.807) is 6.92 Å². The Bertz CT molecular complexity index is 210. The van der Waals surface area contributed by atoms with Gasteiger partial charge in [0.05, 0.1) is 13.7 Å². The van der Waals surface area contributed by atoms with Gasteiger partial charge in [0, 0.05) is 32.7 Å². The fourth-order valence-corrected chi connectivity index (χ4v) is 0.724. The van der Waals surface area contributed by atoms with Gasteiger partial charge in [-0.1, -0.05) is 5.92 Å². The molecule has 2 atom stereocenters. The van der Waals surface area contributed by atoms with Crippen molar-refractivity contribution < 1.29 is 51.8 Å². The molecule has 0 rings (SSSR count). The van der Waals surface area contributed by atoms with Crippen LogP contribution in [0.15, 0.2) is 0 Å². The first-order chi connectivity index (χ1) is 6.52. The molecule has 0 spiro atoms.